The van der Waals surface area contributed by atoms with Gasteiger partial charge in [0.15, 0.2) is 5.11 Å². The summed E-state index contributed by atoms with van der Waals surface area (Å²) in [5.41, 5.74) is 5.28. The van der Waals surface area contributed by atoms with Gasteiger partial charge >= 0.3 is 0 Å². The molecule has 25 heavy (non-hydrogen) atoms. The molecule has 0 radical (unpaired) electrons. The van der Waals surface area contributed by atoms with Crippen LogP contribution < -0.4 is 20.9 Å². The number of carbonyl (C=O) groups is 2. The number of ether oxygens (including phenoxy) is 1. The van der Waals surface area contributed by atoms with Crippen LogP contribution in [0.4, 0.5) is 0 Å². The summed E-state index contributed by atoms with van der Waals surface area (Å²) >= 11 is 16.7. The van der Waals surface area contributed by atoms with E-state index in [0.29, 0.717) is 16.3 Å². The van der Waals surface area contributed by atoms with Gasteiger partial charge in [-0.05, 0) is 42.5 Å². The number of hydrogen-bond acceptors (Lipinski definition) is 4. The minimum atomic E-state index is -0.532. The first-order valence-corrected chi connectivity index (χ1v) is 8.08. The van der Waals surface area contributed by atoms with Crippen LogP contribution >= 0.6 is 35.4 Å². The summed E-state index contributed by atoms with van der Waals surface area (Å²) in [7, 11) is 1.46. The Kier molecular flexibility index (Phi) is 6.58. The number of amides is 2. The Morgan fingerprint density at radius 3 is 2.40 bits per heavy atom. The van der Waals surface area contributed by atoms with Crippen molar-refractivity contribution in [2.75, 3.05) is 7.11 Å². The third-order valence-corrected chi connectivity index (χ3v) is 3.80. The van der Waals surface area contributed by atoms with Crippen molar-refractivity contribution in [3.63, 3.8) is 0 Å². The summed E-state index contributed by atoms with van der Waals surface area (Å²) in [5.74, 6) is -0.607. The highest BCUT2D eigenvalue weighted by Crippen LogP contribution is 2.20. The Morgan fingerprint density at radius 1 is 1.00 bits per heavy atom. The first-order chi connectivity index (χ1) is 11.9. The largest absolute Gasteiger partial charge is 0.496 e. The number of benzene rings is 2. The normalized spacial score (nSPS) is 9.88. The van der Waals surface area contributed by atoms with Crippen molar-refractivity contribution in [1.82, 2.24) is 16.2 Å². The molecule has 0 aromatic heterocycles. The maximum Gasteiger partial charge on any atom is 0.271 e. The zero-order valence-corrected chi connectivity index (χ0v) is 15.3. The second-order valence-corrected chi connectivity index (χ2v) is 5.94. The van der Waals surface area contributed by atoms with Gasteiger partial charge in [0, 0.05) is 5.02 Å². The van der Waals surface area contributed by atoms with Crippen LogP contribution in [0.1, 0.15) is 20.7 Å². The maximum atomic E-state index is 12.2. The van der Waals surface area contributed by atoms with E-state index in [0.717, 1.165) is 0 Å². The van der Waals surface area contributed by atoms with Crippen molar-refractivity contribution in [2.24, 2.45) is 0 Å². The van der Waals surface area contributed by atoms with Gasteiger partial charge in [-0.1, -0.05) is 35.3 Å². The fourth-order valence-corrected chi connectivity index (χ4v) is 2.53. The summed E-state index contributed by atoms with van der Waals surface area (Å²) in [6, 6.07) is 11.1. The molecule has 9 heteroatoms. The lowest BCUT2D eigenvalue weighted by Crippen LogP contribution is -2.48. The lowest BCUT2D eigenvalue weighted by molar-refractivity contribution is 0.0934. The van der Waals surface area contributed by atoms with E-state index in [9.17, 15) is 9.59 Å². The van der Waals surface area contributed by atoms with Gasteiger partial charge in [-0.25, -0.2) is 0 Å². The SMILES string of the molecule is COc1ccccc1C(=O)NC(=S)NNC(=O)c1ccc(Cl)cc1Cl. The van der Waals surface area contributed by atoms with E-state index >= 15 is 0 Å². The van der Waals surface area contributed by atoms with E-state index in [1.54, 1.807) is 24.3 Å². The molecule has 0 bridgehead atoms. The predicted molar refractivity (Wildman–Crippen MR) is 100 cm³/mol. The highest BCUT2D eigenvalue weighted by atomic mass is 35.5. The average molecular weight is 398 g/mol. The molecule has 2 amide bonds. The molecular weight excluding hydrogens is 385 g/mol. The molecule has 0 heterocycles. The summed E-state index contributed by atoms with van der Waals surface area (Å²) in [5, 5.41) is 2.95. The van der Waals surface area contributed by atoms with E-state index in [-0.39, 0.29) is 15.7 Å². The smallest absolute Gasteiger partial charge is 0.271 e. The molecule has 0 fully saturated rings. The van der Waals surface area contributed by atoms with Crippen LogP contribution in [-0.4, -0.2) is 24.0 Å². The van der Waals surface area contributed by atoms with Crippen molar-refractivity contribution in [2.45, 2.75) is 0 Å². The van der Waals surface area contributed by atoms with E-state index in [1.807, 2.05) is 0 Å². The highest BCUT2D eigenvalue weighted by Gasteiger charge is 2.14. The number of methoxy groups -OCH3 is 1. The molecule has 2 aromatic rings. The van der Waals surface area contributed by atoms with Gasteiger partial charge in [0.05, 0.1) is 23.3 Å². The molecule has 0 aliphatic heterocycles. The van der Waals surface area contributed by atoms with Gasteiger partial charge < -0.3 is 4.74 Å². The zero-order chi connectivity index (χ0) is 18.4. The molecule has 0 saturated heterocycles. The first kappa shape index (κ1) is 19.0. The van der Waals surface area contributed by atoms with E-state index in [4.69, 9.17) is 40.2 Å². The zero-order valence-electron chi connectivity index (χ0n) is 12.9. The third-order valence-electron chi connectivity index (χ3n) is 3.04. The predicted octanol–water partition coefficient (Wildman–Crippen LogP) is 2.95. The molecule has 0 saturated carbocycles. The Hall–Kier alpha value is -2.35. The number of rotatable bonds is 3. The van der Waals surface area contributed by atoms with E-state index in [1.165, 1.54) is 25.3 Å². The Balaban J connectivity index is 1.94. The molecule has 2 aromatic carbocycles. The van der Waals surface area contributed by atoms with Crippen LogP contribution in [0.15, 0.2) is 42.5 Å². The summed E-state index contributed by atoms with van der Waals surface area (Å²) in [6.07, 6.45) is 0. The fourth-order valence-electron chi connectivity index (χ4n) is 1.89. The van der Waals surface area contributed by atoms with Crippen molar-refractivity contribution in [3.05, 3.63) is 63.6 Å². The van der Waals surface area contributed by atoms with Crippen molar-refractivity contribution < 1.29 is 14.3 Å². The second-order valence-electron chi connectivity index (χ2n) is 4.69. The van der Waals surface area contributed by atoms with Gasteiger partial charge in [0.25, 0.3) is 11.8 Å². The van der Waals surface area contributed by atoms with Crippen LogP contribution in [0.25, 0.3) is 0 Å². The molecule has 0 spiro atoms. The van der Waals surface area contributed by atoms with Gasteiger partial charge in [0.1, 0.15) is 5.75 Å². The van der Waals surface area contributed by atoms with Gasteiger partial charge in [-0.3, -0.25) is 25.8 Å². The van der Waals surface area contributed by atoms with Crippen molar-refractivity contribution >= 4 is 52.3 Å². The molecule has 0 unspecified atom stereocenters. The fraction of sp³-hybridized carbons (Fsp3) is 0.0625. The van der Waals surface area contributed by atoms with Crippen LogP contribution in [0.3, 0.4) is 0 Å². The number of thiocarbonyl (C=S) groups is 1. The van der Waals surface area contributed by atoms with Gasteiger partial charge in [0.2, 0.25) is 0 Å². The van der Waals surface area contributed by atoms with E-state index in [2.05, 4.69) is 16.2 Å². The Morgan fingerprint density at radius 2 is 1.72 bits per heavy atom. The average Bonchev–Trinajstić information content (AvgIpc) is 2.59. The van der Waals surface area contributed by atoms with Crippen molar-refractivity contribution in [3.8, 4) is 5.75 Å². The third kappa shape index (κ3) is 5.06. The molecule has 2 rings (SSSR count). The van der Waals surface area contributed by atoms with Crippen molar-refractivity contribution in [1.29, 1.82) is 0 Å². The minimum Gasteiger partial charge on any atom is -0.496 e. The van der Waals surface area contributed by atoms with Crippen LogP contribution in [-0.2, 0) is 0 Å². The molecule has 3 N–H and O–H groups in total. The Bertz CT molecular complexity index is 830. The standard InChI is InChI=1S/C16H13Cl2N3O3S/c1-24-13-5-3-2-4-11(13)14(22)19-16(25)21-20-15(23)10-7-6-9(17)8-12(10)18/h2-8H,1H3,(H,20,23)(H2,19,21,22,25). The quantitative estimate of drug-likeness (QED) is 0.547. The lowest BCUT2D eigenvalue weighted by atomic mass is 10.2. The summed E-state index contributed by atoms with van der Waals surface area (Å²) in [6.45, 7) is 0. The molecule has 130 valence electrons. The summed E-state index contributed by atoms with van der Waals surface area (Å²) in [4.78, 5) is 24.2. The van der Waals surface area contributed by atoms with Gasteiger partial charge in [-0.2, -0.15) is 0 Å². The first-order valence-electron chi connectivity index (χ1n) is 6.92. The van der Waals surface area contributed by atoms with Crippen LogP contribution in [0, 0.1) is 0 Å². The summed E-state index contributed by atoms with van der Waals surface area (Å²) < 4.78 is 5.11. The van der Waals surface area contributed by atoms with Crippen LogP contribution in [0.5, 0.6) is 5.75 Å². The van der Waals surface area contributed by atoms with Gasteiger partial charge in [-0.15, -0.1) is 0 Å². The molecular formula is C16H13Cl2N3O3S. The highest BCUT2D eigenvalue weighted by molar-refractivity contribution is 7.80. The van der Waals surface area contributed by atoms with E-state index < -0.39 is 11.8 Å². The maximum absolute atomic E-state index is 12.2. The molecule has 0 aliphatic rings. The number of hydrazine groups is 1. The number of para-hydroxylation sites is 1. The number of halogens is 2. The second kappa shape index (κ2) is 8.66. The monoisotopic (exact) mass is 397 g/mol. The van der Waals surface area contributed by atoms with Crippen LogP contribution in [0.2, 0.25) is 10.0 Å². The lowest BCUT2D eigenvalue weighted by Gasteiger charge is -2.12. The molecule has 0 aliphatic carbocycles. The molecule has 6 nitrogen and oxygen atoms in total. The Labute approximate surface area is 159 Å². The number of carbonyl (C=O) groups excluding carboxylic acids is 2. The minimum absolute atomic E-state index is 0.0886. The number of hydrogen-bond donors (Lipinski definition) is 3. The molecule has 0 atom stereocenters. The number of nitrogens with one attached hydrogen (secondary N) is 3. The topological polar surface area (TPSA) is 79.5 Å².